The summed E-state index contributed by atoms with van der Waals surface area (Å²) < 4.78 is 56.4. The van der Waals surface area contributed by atoms with E-state index in [2.05, 4.69) is 23.8 Å². The molecule has 2 aromatic carbocycles. The van der Waals surface area contributed by atoms with Crippen LogP contribution in [0.4, 0.5) is 17.6 Å². The van der Waals surface area contributed by atoms with E-state index in [0.29, 0.717) is 29.6 Å². The summed E-state index contributed by atoms with van der Waals surface area (Å²) in [4.78, 5) is 0. The zero-order valence-electron chi connectivity index (χ0n) is 21.9. The summed E-state index contributed by atoms with van der Waals surface area (Å²) >= 11 is 0. The summed E-state index contributed by atoms with van der Waals surface area (Å²) in [5.74, 6) is 3.36. The van der Waals surface area contributed by atoms with Crippen LogP contribution < -0.4 is 4.74 Å². The fourth-order valence-electron chi connectivity index (χ4n) is 7.49. The molecule has 0 saturated heterocycles. The molecule has 0 heterocycles. The van der Waals surface area contributed by atoms with Crippen molar-refractivity contribution in [1.29, 1.82) is 0 Å². The molecule has 0 unspecified atom stereocenters. The molecule has 0 aromatic heterocycles. The lowest BCUT2D eigenvalue weighted by Crippen LogP contribution is -2.25. The minimum Gasteiger partial charge on any atom is -0.406 e. The van der Waals surface area contributed by atoms with Crippen LogP contribution in [-0.4, -0.2) is 6.36 Å². The quantitative estimate of drug-likeness (QED) is 0.359. The Morgan fingerprint density at radius 3 is 1.65 bits per heavy atom. The molecule has 37 heavy (non-hydrogen) atoms. The fraction of sp³-hybridized carbons (Fsp3) is 0.625. The van der Waals surface area contributed by atoms with Gasteiger partial charge in [-0.25, -0.2) is 4.39 Å². The molecule has 0 radical (unpaired) electrons. The van der Waals surface area contributed by atoms with E-state index in [4.69, 9.17) is 0 Å². The van der Waals surface area contributed by atoms with Crippen LogP contribution in [-0.2, 0) is 0 Å². The molecular weight excluding hydrogens is 476 g/mol. The molecule has 0 amide bonds. The Hall–Kier alpha value is -2.04. The Morgan fingerprint density at radius 1 is 0.622 bits per heavy atom. The highest BCUT2D eigenvalue weighted by atomic mass is 19.4. The second-order valence-electron chi connectivity index (χ2n) is 12.1. The highest BCUT2D eigenvalue weighted by Gasteiger charge is 2.33. The smallest absolute Gasteiger partial charge is 0.406 e. The van der Waals surface area contributed by atoms with Gasteiger partial charge < -0.3 is 4.74 Å². The summed E-state index contributed by atoms with van der Waals surface area (Å²) in [6.45, 7) is 2.32. The van der Waals surface area contributed by atoms with Crippen molar-refractivity contribution in [3.05, 3.63) is 65.0 Å². The molecule has 0 atom stereocenters. The molecule has 3 saturated carbocycles. The van der Waals surface area contributed by atoms with Crippen molar-refractivity contribution in [3.8, 4) is 5.75 Å². The van der Waals surface area contributed by atoms with E-state index in [1.807, 2.05) is 6.07 Å². The molecule has 0 aliphatic heterocycles. The summed E-state index contributed by atoms with van der Waals surface area (Å²) in [5, 5.41) is 0. The SMILES string of the molecule is CC1CCC(c2ccc(C3CCC(C4CCC(c5ccc(OC(F)(F)F)cc5)CC4)CC3)c(F)c2)CC1. The maximum absolute atomic E-state index is 15.2. The molecule has 5 rings (SSSR count). The van der Waals surface area contributed by atoms with Gasteiger partial charge in [-0.2, -0.15) is 0 Å². The molecule has 1 nitrogen and oxygen atoms in total. The molecule has 0 bridgehead atoms. The highest BCUT2D eigenvalue weighted by molar-refractivity contribution is 5.31. The van der Waals surface area contributed by atoms with Crippen LogP contribution in [0.2, 0.25) is 0 Å². The predicted molar refractivity (Wildman–Crippen MR) is 139 cm³/mol. The van der Waals surface area contributed by atoms with Gasteiger partial charge in [0, 0.05) is 0 Å². The number of rotatable bonds is 5. The third-order valence-corrected chi connectivity index (χ3v) is 9.75. The molecule has 2 aromatic rings. The van der Waals surface area contributed by atoms with Crippen molar-refractivity contribution in [2.45, 2.75) is 108 Å². The lowest BCUT2D eigenvalue weighted by atomic mass is 9.67. The van der Waals surface area contributed by atoms with Crippen molar-refractivity contribution in [2.24, 2.45) is 17.8 Å². The van der Waals surface area contributed by atoms with Crippen molar-refractivity contribution >= 4 is 0 Å². The van der Waals surface area contributed by atoms with Gasteiger partial charge in [-0.05, 0) is 135 Å². The monoisotopic (exact) mass is 516 g/mol. The van der Waals surface area contributed by atoms with E-state index < -0.39 is 6.36 Å². The Bertz CT molecular complexity index is 1010. The summed E-state index contributed by atoms with van der Waals surface area (Å²) in [6.07, 6.45) is 9.22. The summed E-state index contributed by atoms with van der Waals surface area (Å²) in [6, 6.07) is 12.6. The van der Waals surface area contributed by atoms with Gasteiger partial charge in [0.25, 0.3) is 0 Å². The first kappa shape index (κ1) is 26.6. The van der Waals surface area contributed by atoms with Crippen LogP contribution in [0.15, 0.2) is 42.5 Å². The van der Waals surface area contributed by atoms with Gasteiger partial charge in [-0.15, -0.1) is 13.2 Å². The van der Waals surface area contributed by atoms with Crippen molar-refractivity contribution in [2.75, 3.05) is 0 Å². The van der Waals surface area contributed by atoms with E-state index in [9.17, 15) is 13.2 Å². The van der Waals surface area contributed by atoms with E-state index in [1.54, 1.807) is 12.1 Å². The van der Waals surface area contributed by atoms with Crippen LogP contribution in [0.25, 0.3) is 0 Å². The molecule has 3 aliphatic rings. The molecule has 3 fully saturated rings. The van der Waals surface area contributed by atoms with Crippen LogP contribution in [0.1, 0.15) is 118 Å². The minimum absolute atomic E-state index is 0.00623. The summed E-state index contributed by atoms with van der Waals surface area (Å²) in [5.41, 5.74) is 3.23. The zero-order chi connectivity index (χ0) is 26.0. The van der Waals surface area contributed by atoms with Gasteiger partial charge in [0.2, 0.25) is 0 Å². The standard InChI is InChI=1S/C32H40F4O/c1-21-2-4-26(5-3-21)28-16-19-30(31(33)20-28)27-12-10-24(11-13-27)22-6-8-23(9-7-22)25-14-17-29(18-15-25)37-32(34,35)36/h14-24,26-27H,2-13H2,1H3. The zero-order valence-corrected chi connectivity index (χ0v) is 21.9. The van der Waals surface area contributed by atoms with Crippen LogP contribution >= 0.6 is 0 Å². The van der Waals surface area contributed by atoms with Crippen molar-refractivity contribution < 1.29 is 22.3 Å². The highest BCUT2D eigenvalue weighted by Crippen LogP contribution is 2.46. The number of alkyl halides is 3. The lowest BCUT2D eigenvalue weighted by Gasteiger charge is -2.38. The second kappa shape index (κ2) is 11.4. The average Bonchev–Trinajstić information content (AvgIpc) is 2.89. The van der Waals surface area contributed by atoms with Gasteiger partial charge in [-0.1, -0.05) is 44.0 Å². The molecule has 0 N–H and O–H groups in total. The van der Waals surface area contributed by atoms with Gasteiger partial charge in [-0.3, -0.25) is 0 Å². The van der Waals surface area contributed by atoms with Gasteiger partial charge in [0.1, 0.15) is 11.6 Å². The lowest BCUT2D eigenvalue weighted by molar-refractivity contribution is -0.274. The van der Waals surface area contributed by atoms with Crippen LogP contribution in [0, 0.1) is 23.6 Å². The minimum atomic E-state index is -4.65. The largest absolute Gasteiger partial charge is 0.573 e. The Morgan fingerprint density at radius 2 is 1.11 bits per heavy atom. The first-order chi connectivity index (χ1) is 17.7. The van der Waals surface area contributed by atoms with E-state index in [1.165, 1.54) is 69.1 Å². The number of benzene rings is 2. The fourth-order valence-corrected chi connectivity index (χ4v) is 7.49. The maximum atomic E-state index is 15.2. The Labute approximate surface area is 219 Å². The van der Waals surface area contributed by atoms with E-state index >= 15 is 4.39 Å². The molecule has 0 spiro atoms. The van der Waals surface area contributed by atoms with Crippen molar-refractivity contribution in [3.63, 3.8) is 0 Å². The third kappa shape index (κ3) is 6.70. The second-order valence-corrected chi connectivity index (χ2v) is 12.1. The van der Waals surface area contributed by atoms with Gasteiger partial charge in [0.05, 0.1) is 0 Å². The number of hydrogen-bond donors (Lipinski definition) is 0. The maximum Gasteiger partial charge on any atom is 0.573 e. The Balaban J connectivity index is 1.10. The van der Waals surface area contributed by atoms with Gasteiger partial charge >= 0.3 is 6.36 Å². The summed E-state index contributed by atoms with van der Waals surface area (Å²) in [7, 11) is 0. The van der Waals surface area contributed by atoms with Crippen molar-refractivity contribution in [1.82, 2.24) is 0 Å². The molecule has 3 aliphatic carbocycles. The molecule has 202 valence electrons. The topological polar surface area (TPSA) is 9.23 Å². The van der Waals surface area contributed by atoms with E-state index in [-0.39, 0.29) is 11.6 Å². The van der Waals surface area contributed by atoms with Crippen LogP contribution in [0.3, 0.4) is 0 Å². The first-order valence-electron chi connectivity index (χ1n) is 14.4. The van der Waals surface area contributed by atoms with E-state index in [0.717, 1.165) is 42.7 Å². The Kier molecular flexibility index (Phi) is 8.16. The first-order valence-corrected chi connectivity index (χ1v) is 14.4. The number of halogens is 4. The number of ether oxygens (including phenoxy) is 1. The number of hydrogen-bond acceptors (Lipinski definition) is 1. The predicted octanol–water partition coefficient (Wildman–Crippen LogP) is 10.3. The van der Waals surface area contributed by atoms with Gasteiger partial charge in [0.15, 0.2) is 0 Å². The molecule has 5 heteroatoms. The third-order valence-electron chi connectivity index (χ3n) is 9.75. The molecular formula is C32H40F4O. The average molecular weight is 517 g/mol. The van der Waals surface area contributed by atoms with Crippen LogP contribution in [0.5, 0.6) is 5.75 Å². The normalized spacial score (nSPS) is 31.2.